The average molecular weight is 352 g/mol. The van der Waals surface area contributed by atoms with Gasteiger partial charge < -0.3 is 14.0 Å². The highest BCUT2D eigenvalue weighted by molar-refractivity contribution is 9.10. The van der Waals surface area contributed by atoms with Gasteiger partial charge in [-0.05, 0) is 41.1 Å². The summed E-state index contributed by atoms with van der Waals surface area (Å²) in [7, 11) is 0. The van der Waals surface area contributed by atoms with E-state index in [1.54, 1.807) is 13.0 Å². The summed E-state index contributed by atoms with van der Waals surface area (Å²) in [5.74, 6) is 0.565. The first-order valence-corrected chi connectivity index (χ1v) is 6.23. The van der Waals surface area contributed by atoms with Gasteiger partial charge in [-0.3, -0.25) is 0 Å². The van der Waals surface area contributed by atoms with Gasteiger partial charge in [-0.25, -0.2) is 0 Å². The average Bonchev–Trinajstić information content (AvgIpc) is 2.74. The maximum absolute atomic E-state index is 12.1. The molecule has 0 spiro atoms. The molecular formula is C12H9BrF3NO3. The zero-order chi connectivity index (χ0) is 14.8. The molecule has 4 nitrogen and oxygen atoms in total. The highest BCUT2D eigenvalue weighted by Gasteiger charge is 2.31. The molecule has 0 aliphatic carbocycles. The van der Waals surface area contributed by atoms with Crippen molar-refractivity contribution in [3.05, 3.63) is 40.2 Å². The summed E-state index contributed by atoms with van der Waals surface area (Å²) in [5.41, 5.74) is 0.721. The highest BCUT2D eigenvalue weighted by atomic mass is 79.9. The lowest BCUT2D eigenvalue weighted by Gasteiger charge is -2.11. The van der Waals surface area contributed by atoms with Crippen molar-refractivity contribution in [3.8, 4) is 11.5 Å². The summed E-state index contributed by atoms with van der Waals surface area (Å²) >= 11 is 2.99. The highest BCUT2D eigenvalue weighted by Crippen LogP contribution is 2.33. The van der Waals surface area contributed by atoms with Crippen molar-refractivity contribution in [1.82, 2.24) is 5.16 Å². The fourth-order valence-electron chi connectivity index (χ4n) is 1.42. The molecule has 0 fully saturated rings. The van der Waals surface area contributed by atoms with Crippen LogP contribution in [0, 0.1) is 6.92 Å². The molecule has 0 aliphatic rings. The normalized spacial score (nSPS) is 11.4. The van der Waals surface area contributed by atoms with Crippen LogP contribution in [0.4, 0.5) is 13.2 Å². The van der Waals surface area contributed by atoms with E-state index < -0.39 is 6.36 Å². The van der Waals surface area contributed by atoms with Crippen molar-refractivity contribution in [1.29, 1.82) is 0 Å². The molecule has 0 saturated heterocycles. The number of benzene rings is 1. The van der Waals surface area contributed by atoms with Crippen LogP contribution >= 0.6 is 15.9 Å². The van der Waals surface area contributed by atoms with Gasteiger partial charge in [-0.15, -0.1) is 13.2 Å². The third-order valence-corrected chi connectivity index (χ3v) is 2.81. The lowest BCUT2D eigenvalue weighted by molar-refractivity contribution is -0.274. The molecule has 20 heavy (non-hydrogen) atoms. The van der Waals surface area contributed by atoms with Crippen LogP contribution in [0.1, 0.15) is 11.5 Å². The molecule has 0 N–H and O–H groups in total. The van der Waals surface area contributed by atoms with E-state index in [1.807, 2.05) is 0 Å². The number of ether oxygens (including phenoxy) is 2. The molecule has 0 unspecified atom stereocenters. The minimum absolute atomic E-state index is 0.132. The second-order valence-electron chi connectivity index (χ2n) is 3.86. The second-order valence-corrected chi connectivity index (χ2v) is 4.72. The maximum Gasteiger partial charge on any atom is 0.573 e. The summed E-state index contributed by atoms with van der Waals surface area (Å²) in [6.45, 7) is 1.90. The Labute approximate surface area is 120 Å². The molecule has 1 aromatic heterocycles. The van der Waals surface area contributed by atoms with E-state index in [0.29, 0.717) is 11.5 Å². The largest absolute Gasteiger partial charge is 0.573 e. The van der Waals surface area contributed by atoms with Crippen LogP contribution in [0.3, 0.4) is 0 Å². The molecule has 0 saturated carbocycles. The Morgan fingerprint density at radius 2 is 2.05 bits per heavy atom. The van der Waals surface area contributed by atoms with E-state index in [9.17, 15) is 13.2 Å². The molecule has 0 amide bonds. The van der Waals surface area contributed by atoms with Crippen molar-refractivity contribution in [3.63, 3.8) is 0 Å². The first kappa shape index (κ1) is 14.7. The number of nitrogens with zero attached hydrogens (tertiary/aromatic N) is 1. The molecule has 1 heterocycles. The first-order chi connectivity index (χ1) is 9.33. The van der Waals surface area contributed by atoms with Crippen LogP contribution < -0.4 is 9.47 Å². The number of hydrogen-bond donors (Lipinski definition) is 0. The minimum atomic E-state index is -4.73. The quantitative estimate of drug-likeness (QED) is 0.826. The molecule has 1 aromatic carbocycles. The summed E-state index contributed by atoms with van der Waals surface area (Å²) in [5, 5.41) is 3.69. The van der Waals surface area contributed by atoms with Crippen molar-refractivity contribution in [2.24, 2.45) is 0 Å². The predicted octanol–water partition coefficient (Wildman–Crippen LogP) is 4.22. The van der Waals surface area contributed by atoms with Crippen LogP contribution in [0.5, 0.6) is 11.5 Å². The molecular weight excluding hydrogens is 343 g/mol. The Kier molecular flexibility index (Phi) is 4.22. The van der Waals surface area contributed by atoms with E-state index in [4.69, 9.17) is 9.26 Å². The van der Waals surface area contributed by atoms with Gasteiger partial charge in [0.25, 0.3) is 0 Å². The molecule has 8 heteroatoms. The predicted molar refractivity (Wildman–Crippen MR) is 66.4 cm³/mol. The fraction of sp³-hybridized carbons (Fsp3) is 0.250. The molecule has 0 aliphatic heterocycles. The van der Waals surface area contributed by atoms with Crippen LogP contribution in [-0.2, 0) is 6.61 Å². The Balaban J connectivity index is 2.01. The number of rotatable bonds is 4. The summed E-state index contributed by atoms with van der Waals surface area (Å²) < 4.78 is 50.6. The third kappa shape index (κ3) is 4.16. The molecule has 0 bridgehead atoms. The molecule has 0 atom stereocenters. The molecule has 2 rings (SSSR count). The number of aromatic nitrogens is 1. The lowest BCUT2D eigenvalue weighted by Crippen LogP contribution is -2.17. The van der Waals surface area contributed by atoms with Gasteiger partial charge in [0.15, 0.2) is 5.76 Å². The third-order valence-electron chi connectivity index (χ3n) is 2.19. The van der Waals surface area contributed by atoms with Crippen molar-refractivity contribution in [2.75, 3.05) is 0 Å². The first-order valence-electron chi connectivity index (χ1n) is 5.44. The van der Waals surface area contributed by atoms with Gasteiger partial charge in [-0.1, -0.05) is 5.16 Å². The van der Waals surface area contributed by atoms with Crippen LogP contribution in [0.2, 0.25) is 0 Å². The van der Waals surface area contributed by atoms with E-state index in [-0.39, 0.29) is 16.8 Å². The van der Waals surface area contributed by atoms with Crippen LogP contribution in [0.25, 0.3) is 0 Å². The standard InChI is InChI=1S/C12H9BrF3NO3/c1-7-4-9(20-17-7)6-18-8-2-3-11(10(13)5-8)19-12(14,15)16/h2-5H,6H2,1H3. The van der Waals surface area contributed by atoms with Gasteiger partial charge in [0.05, 0.1) is 10.2 Å². The van der Waals surface area contributed by atoms with E-state index >= 15 is 0 Å². The number of hydrogen-bond acceptors (Lipinski definition) is 4. The summed E-state index contributed by atoms with van der Waals surface area (Å²) in [6.07, 6.45) is -4.73. The zero-order valence-electron chi connectivity index (χ0n) is 10.2. The molecule has 0 radical (unpaired) electrons. The SMILES string of the molecule is Cc1cc(COc2ccc(OC(F)(F)F)c(Br)c2)on1. The van der Waals surface area contributed by atoms with Gasteiger partial charge in [0, 0.05) is 6.07 Å². The maximum atomic E-state index is 12.1. The van der Waals surface area contributed by atoms with E-state index in [0.717, 1.165) is 5.69 Å². The Morgan fingerprint density at radius 1 is 1.30 bits per heavy atom. The number of halogens is 4. The Hall–Kier alpha value is -1.70. The number of alkyl halides is 3. The second kappa shape index (κ2) is 5.74. The van der Waals surface area contributed by atoms with Gasteiger partial charge in [-0.2, -0.15) is 0 Å². The van der Waals surface area contributed by atoms with Crippen LogP contribution in [0.15, 0.2) is 33.3 Å². The Morgan fingerprint density at radius 3 is 2.60 bits per heavy atom. The summed E-state index contributed by atoms with van der Waals surface area (Å²) in [4.78, 5) is 0. The van der Waals surface area contributed by atoms with Crippen molar-refractivity contribution >= 4 is 15.9 Å². The van der Waals surface area contributed by atoms with Crippen LogP contribution in [-0.4, -0.2) is 11.5 Å². The number of aryl methyl sites for hydroxylation is 1. The zero-order valence-corrected chi connectivity index (χ0v) is 11.8. The van der Waals surface area contributed by atoms with E-state index in [1.165, 1.54) is 18.2 Å². The summed E-state index contributed by atoms with van der Waals surface area (Å²) in [6, 6.07) is 5.62. The van der Waals surface area contributed by atoms with Gasteiger partial charge in [0.2, 0.25) is 0 Å². The monoisotopic (exact) mass is 351 g/mol. The smallest absolute Gasteiger partial charge is 0.486 e. The molecule has 108 valence electrons. The van der Waals surface area contributed by atoms with E-state index in [2.05, 4.69) is 25.8 Å². The minimum Gasteiger partial charge on any atom is -0.486 e. The molecule has 2 aromatic rings. The Bertz CT molecular complexity index is 598. The van der Waals surface area contributed by atoms with Crippen molar-refractivity contribution in [2.45, 2.75) is 19.9 Å². The van der Waals surface area contributed by atoms with Crippen molar-refractivity contribution < 1.29 is 27.2 Å². The fourth-order valence-corrected chi connectivity index (χ4v) is 1.86. The topological polar surface area (TPSA) is 44.5 Å². The lowest BCUT2D eigenvalue weighted by atomic mass is 10.3. The van der Waals surface area contributed by atoms with Gasteiger partial charge in [0.1, 0.15) is 18.1 Å². The van der Waals surface area contributed by atoms with Gasteiger partial charge >= 0.3 is 6.36 Å².